The summed E-state index contributed by atoms with van der Waals surface area (Å²) in [5.41, 5.74) is -1.68. The predicted molar refractivity (Wildman–Crippen MR) is 287 cm³/mol. The van der Waals surface area contributed by atoms with E-state index in [4.69, 9.17) is 47.4 Å². The van der Waals surface area contributed by atoms with Gasteiger partial charge in [-0.05, 0) is 124 Å². The fourth-order valence-electron chi connectivity index (χ4n) is 17.2. The highest BCUT2D eigenvalue weighted by atomic mass is 16.8. The number of fused-ring (bicyclic) bond motifs is 5. The molecule has 9 rings (SSSR count). The molecular formula is C58H98O26. The summed E-state index contributed by atoms with van der Waals surface area (Å²) in [6, 6.07) is 0. The Balaban J connectivity index is 0.895. The topological polar surface area (TPSA) is 416 Å². The normalized spacial score (nSPS) is 53.0. The van der Waals surface area contributed by atoms with Crippen molar-refractivity contribution < 1.29 is 129 Å². The first kappa shape index (κ1) is 67.1. The van der Waals surface area contributed by atoms with Gasteiger partial charge in [0.1, 0.15) is 110 Å². The molecule has 26 nitrogen and oxygen atoms in total. The number of aliphatic hydroxyl groups is 16. The number of rotatable bonds is 17. The Morgan fingerprint density at radius 2 is 1.11 bits per heavy atom. The van der Waals surface area contributed by atoms with E-state index in [0.717, 1.165) is 24.8 Å². The fraction of sp³-hybridized carbons (Fsp3) is 0.966. The van der Waals surface area contributed by atoms with Crippen LogP contribution in [-0.4, -0.2) is 274 Å². The van der Waals surface area contributed by atoms with Gasteiger partial charge in [0.15, 0.2) is 31.5 Å². The van der Waals surface area contributed by atoms with Crippen molar-refractivity contribution in [1.82, 2.24) is 0 Å². The summed E-state index contributed by atoms with van der Waals surface area (Å²) in [6.07, 6.45) is -29.8. The lowest BCUT2D eigenvalue weighted by Gasteiger charge is -2.71. The van der Waals surface area contributed by atoms with E-state index in [1.165, 1.54) is 0 Å². The number of allylic oxidation sites excluding steroid dienone is 2. The molecule has 0 radical (unpaired) electrons. The predicted octanol–water partition coefficient (Wildman–Crippen LogP) is -3.10. The quantitative estimate of drug-likeness (QED) is 0.0507. The molecule has 0 aromatic heterocycles. The average molecular weight is 1210 g/mol. The average Bonchev–Trinajstić information content (AvgIpc) is 1.25. The van der Waals surface area contributed by atoms with Gasteiger partial charge < -0.3 is 129 Å². The monoisotopic (exact) mass is 1210 g/mol. The van der Waals surface area contributed by atoms with Gasteiger partial charge in [-0.25, -0.2) is 0 Å². The zero-order valence-corrected chi connectivity index (χ0v) is 49.5. The molecule has 0 aromatic rings. The Morgan fingerprint density at radius 3 is 1.76 bits per heavy atom. The Hall–Kier alpha value is -1.30. The maximum Gasteiger partial charge on any atom is 0.187 e. The Morgan fingerprint density at radius 1 is 0.536 bits per heavy atom. The third-order valence-electron chi connectivity index (χ3n) is 22.2. The Bertz CT molecular complexity index is 2210. The Kier molecular flexibility index (Phi) is 20.6. The number of hydrogen-bond donors (Lipinski definition) is 16. The lowest BCUT2D eigenvalue weighted by Crippen LogP contribution is -2.68. The van der Waals surface area contributed by atoms with Gasteiger partial charge in [-0.15, -0.1) is 0 Å². The van der Waals surface area contributed by atoms with Crippen LogP contribution in [0.2, 0.25) is 0 Å². The highest BCUT2D eigenvalue weighted by Crippen LogP contribution is 2.76. The van der Waals surface area contributed by atoms with Gasteiger partial charge in [0.05, 0.1) is 50.8 Å². The molecule has 9 fully saturated rings. The summed E-state index contributed by atoms with van der Waals surface area (Å²) in [5, 5.41) is 174. The molecule has 16 N–H and O–H groups in total. The zero-order valence-electron chi connectivity index (χ0n) is 49.5. The van der Waals surface area contributed by atoms with E-state index in [2.05, 4.69) is 40.7 Å². The summed E-state index contributed by atoms with van der Waals surface area (Å²) in [5.74, 6) is -0.533. The molecular weight excluding hydrogens is 1110 g/mol. The van der Waals surface area contributed by atoms with Crippen molar-refractivity contribution in [3.05, 3.63) is 11.6 Å². The second kappa shape index (κ2) is 25.8. The minimum atomic E-state index is -1.82. The van der Waals surface area contributed by atoms with Crippen molar-refractivity contribution in [2.24, 2.45) is 45.3 Å². The molecule has 5 aliphatic heterocycles. The van der Waals surface area contributed by atoms with Gasteiger partial charge >= 0.3 is 0 Å². The van der Waals surface area contributed by atoms with Gasteiger partial charge in [0.25, 0.3) is 0 Å². The van der Waals surface area contributed by atoms with E-state index in [9.17, 15) is 81.7 Å². The van der Waals surface area contributed by atoms with Gasteiger partial charge in [0, 0.05) is 0 Å². The van der Waals surface area contributed by atoms with E-state index in [1.807, 2.05) is 20.8 Å². The molecule has 9 aliphatic rings. The van der Waals surface area contributed by atoms with Crippen LogP contribution < -0.4 is 0 Å². The molecule has 5 saturated heterocycles. The molecule has 4 saturated carbocycles. The molecule has 26 heteroatoms. The first-order chi connectivity index (χ1) is 39.4. The SMILES string of the molecule is CC(C)=CCCC(C)(OC1OC(COC2OCC(OC3OCC(O)C(O)C3O)C(O)C2O)C(O)C(O)C1O)C1CCC2(C)C1C(O)CC1C3(C)CCC(OC4OC(CO)C(O)C(O)C4OC4OC(CO)C(O)C(O)C4O)C(C)(C)C3CCC12C. The maximum atomic E-state index is 12.9. The summed E-state index contributed by atoms with van der Waals surface area (Å²) in [6.45, 7) is 14.5. The molecule has 0 bridgehead atoms. The molecule has 33 unspecified atom stereocenters. The minimum absolute atomic E-state index is 0.0238. The molecule has 0 spiro atoms. The largest absolute Gasteiger partial charge is 0.394 e. The minimum Gasteiger partial charge on any atom is -0.394 e. The van der Waals surface area contributed by atoms with Crippen LogP contribution in [0.1, 0.15) is 113 Å². The molecule has 4 aliphatic carbocycles. The van der Waals surface area contributed by atoms with E-state index < -0.39 is 190 Å². The van der Waals surface area contributed by atoms with Crippen LogP contribution in [0.25, 0.3) is 0 Å². The van der Waals surface area contributed by atoms with Crippen LogP contribution in [0.15, 0.2) is 11.6 Å². The first-order valence-electron chi connectivity index (χ1n) is 30.2. The van der Waals surface area contributed by atoms with Crippen LogP contribution in [0.3, 0.4) is 0 Å². The van der Waals surface area contributed by atoms with Crippen molar-refractivity contribution in [3.8, 4) is 0 Å². The zero-order chi connectivity index (χ0) is 61.5. The fourth-order valence-corrected chi connectivity index (χ4v) is 17.2. The highest BCUT2D eigenvalue weighted by Gasteiger charge is 2.72. The van der Waals surface area contributed by atoms with Crippen LogP contribution in [0.5, 0.6) is 0 Å². The van der Waals surface area contributed by atoms with E-state index in [0.29, 0.717) is 38.5 Å². The molecule has 84 heavy (non-hydrogen) atoms. The smallest absolute Gasteiger partial charge is 0.187 e. The lowest BCUT2D eigenvalue weighted by molar-refractivity contribution is -0.378. The van der Waals surface area contributed by atoms with Gasteiger partial charge in [-0.1, -0.05) is 46.3 Å². The maximum absolute atomic E-state index is 12.9. The van der Waals surface area contributed by atoms with Gasteiger partial charge in [-0.2, -0.15) is 0 Å². The van der Waals surface area contributed by atoms with Crippen molar-refractivity contribution in [3.63, 3.8) is 0 Å². The van der Waals surface area contributed by atoms with Crippen molar-refractivity contribution in [1.29, 1.82) is 0 Å². The number of ether oxygens (including phenoxy) is 10. The van der Waals surface area contributed by atoms with E-state index in [-0.39, 0.29) is 47.7 Å². The van der Waals surface area contributed by atoms with Crippen LogP contribution in [0, 0.1) is 45.3 Å². The first-order valence-corrected chi connectivity index (χ1v) is 30.2. The van der Waals surface area contributed by atoms with Crippen molar-refractivity contribution >= 4 is 0 Å². The molecule has 0 aromatic carbocycles. The van der Waals surface area contributed by atoms with E-state index in [1.54, 1.807) is 0 Å². The van der Waals surface area contributed by atoms with Crippen molar-refractivity contribution in [2.75, 3.05) is 33.0 Å². The lowest BCUT2D eigenvalue weighted by atomic mass is 9.35. The van der Waals surface area contributed by atoms with Crippen LogP contribution in [-0.2, 0) is 47.4 Å². The van der Waals surface area contributed by atoms with E-state index >= 15 is 0 Å². The van der Waals surface area contributed by atoms with Gasteiger partial charge in [-0.3, -0.25) is 0 Å². The molecule has 0 amide bonds. The summed E-state index contributed by atoms with van der Waals surface area (Å²) >= 11 is 0. The summed E-state index contributed by atoms with van der Waals surface area (Å²) in [7, 11) is 0. The van der Waals surface area contributed by atoms with Crippen LogP contribution in [0.4, 0.5) is 0 Å². The highest BCUT2D eigenvalue weighted by molar-refractivity contribution is 5.21. The summed E-state index contributed by atoms with van der Waals surface area (Å²) in [4.78, 5) is 0. The van der Waals surface area contributed by atoms with Crippen LogP contribution >= 0.6 is 0 Å². The number of hydrogen-bond acceptors (Lipinski definition) is 26. The second-order valence-corrected chi connectivity index (χ2v) is 27.7. The molecule has 486 valence electrons. The second-order valence-electron chi connectivity index (χ2n) is 27.7. The number of aliphatic hydroxyl groups excluding tert-OH is 16. The van der Waals surface area contributed by atoms with Crippen molar-refractivity contribution in [2.45, 2.75) is 272 Å². The third kappa shape index (κ3) is 12.0. The van der Waals surface area contributed by atoms with Gasteiger partial charge in [0.2, 0.25) is 0 Å². The summed E-state index contributed by atoms with van der Waals surface area (Å²) < 4.78 is 60.3. The molecule has 33 atom stereocenters. The molecule has 5 heterocycles. The Labute approximate surface area is 490 Å². The standard InChI is InChI=1S/C58H98O26/c1-24(2)10-9-14-58(8,84-52-47(74)42(69)39(66)30(81-52)22-76-49-45(72)40(67)31(23-77-49)80-50-44(71)36(63)27(62)21-75-50)25-11-16-57(7)35(25)26(61)18-33-55(5)15-13-34(54(3,4)32(55)12-17-56(33,57)6)82-53-48(43(70)38(65)29(20-60)79-53)83-51-46(73)41(68)37(64)28(19-59)78-51/h10,25-53,59-74H,9,11-23H2,1-8H3. The third-order valence-corrected chi connectivity index (χ3v) is 22.2.